The van der Waals surface area contributed by atoms with E-state index < -0.39 is 5.97 Å². The average Bonchev–Trinajstić information content (AvgIpc) is 2.39. The maximum atomic E-state index is 10.1. The summed E-state index contributed by atoms with van der Waals surface area (Å²) in [6.07, 6.45) is 3.52. The van der Waals surface area contributed by atoms with Crippen LogP contribution in [0.1, 0.15) is 26.2 Å². The molecule has 6 nitrogen and oxygen atoms in total. The molecule has 0 aliphatic heterocycles. The lowest BCUT2D eigenvalue weighted by Gasteiger charge is -2.06. The fourth-order valence-electron chi connectivity index (χ4n) is 1.27. The molecule has 19 heavy (non-hydrogen) atoms. The Hall–Kier alpha value is -0.690. The van der Waals surface area contributed by atoms with Gasteiger partial charge in [-0.1, -0.05) is 19.8 Å². The maximum absolute atomic E-state index is 10.1. The molecular formula is C13H26O6. The number of hydrogen-bond donors (Lipinski definition) is 1. The van der Waals surface area contributed by atoms with Crippen LogP contribution >= 0.6 is 0 Å². The maximum Gasteiger partial charge on any atom is 0.329 e. The lowest BCUT2D eigenvalue weighted by molar-refractivity contribution is -0.142. The number of carboxylic acid groups (broad SMARTS) is 1. The summed E-state index contributed by atoms with van der Waals surface area (Å²) in [4.78, 5) is 10.1. The molecule has 0 atom stereocenters. The second kappa shape index (κ2) is 15.4. The summed E-state index contributed by atoms with van der Waals surface area (Å²) in [6.45, 7) is 5.52. The van der Waals surface area contributed by atoms with E-state index in [0.717, 1.165) is 13.0 Å². The van der Waals surface area contributed by atoms with E-state index in [9.17, 15) is 4.79 Å². The van der Waals surface area contributed by atoms with Crippen molar-refractivity contribution in [1.29, 1.82) is 0 Å². The Morgan fingerprint density at radius 2 is 1.26 bits per heavy atom. The smallest absolute Gasteiger partial charge is 0.329 e. The summed E-state index contributed by atoms with van der Waals surface area (Å²) >= 11 is 0. The summed E-state index contributed by atoms with van der Waals surface area (Å²) in [5, 5.41) is 8.31. The monoisotopic (exact) mass is 278 g/mol. The van der Waals surface area contributed by atoms with Gasteiger partial charge in [0.2, 0.25) is 0 Å². The molecule has 0 spiro atoms. The zero-order chi connectivity index (χ0) is 14.2. The van der Waals surface area contributed by atoms with Gasteiger partial charge < -0.3 is 24.1 Å². The summed E-state index contributed by atoms with van der Waals surface area (Å²) in [5.74, 6) is -0.970. The molecule has 0 unspecified atom stereocenters. The van der Waals surface area contributed by atoms with Crippen molar-refractivity contribution < 1.29 is 28.8 Å². The van der Waals surface area contributed by atoms with Crippen LogP contribution in [0, 0.1) is 0 Å². The van der Waals surface area contributed by atoms with E-state index >= 15 is 0 Å². The second-order valence-corrected chi connectivity index (χ2v) is 3.99. The van der Waals surface area contributed by atoms with Crippen molar-refractivity contribution in [3.8, 4) is 0 Å². The van der Waals surface area contributed by atoms with Gasteiger partial charge >= 0.3 is 5.97 Å². The van der Waals surface area contributed by atoms with Crippen LogP contribution in [-0.4, -0.2) is 63.9 Å². The van der Waals surface area contributed by atoms with E-state index in [0.29, 0.717) is 33.0 Å². The van der Waals surface area contributed by atoms with Crippen molar-refractivity contribution in [3.05, 3.63) is 0 Å². The number of carbonyl (C=O) groups is 1. The molecule has 0 saturated heterocycles. The number of rotatable bonds is 15. The van der Waals surface area contributed by atoms with Gasteiger partial charge in [-0.15, -0.1) is 0 Å². The van der Waals surface area contributed by atoms with Gasteiger partial charge in [-0.3, -0.25) is 0 Å². The molecule has 0 amide bonds. The number of aliphatic carboxylic acids is 1. The molecular weight excluding hydrogens is 252 g/mol. The first-order chi connectivity index (χ1) is 9.27. The molecule has 0 rings (SSSR count). The minimum absolute atomic E-state index is 0.283. The third-order valence-corrected chi connectivity index (χ3v) is 2.23. The highest BCUT2D eigenvalue weighted by Crippen LogP contribution is 1.93. The Morgan fingerprint density at radius 3 is 1.74 bits per heavy atom. The Morgan fingerprint density at radius 1 is 0.789 bits per heavy atom. The first-order valence-electron chi connectivity index (χ1n) is 6.80. The fraction of sp³-hybridized carbons (Fsp3) is 0.923. The van der Waals surface area contributed by atoms with Crippen molar-refractivity contribution in [2.45, 2.75) is 26.2 Å². The van der Waals surface area contributed by atoms with Gasteiger partial charge in [0.1, 0.15) is 6.61 Å². The highest BCUT2D eigenvalue weighted by atomic mass is 16.6. The summed E-state index contributed by atoms with van der Waals surface area (Å²) < 4.78 is 20.7. The molecule has 0 aromatic rings. The van der Waals surface area contributed by atoms with E-state index in [2.05, 4.69) is 6.92 Å². The number of carboxylic acids is 1. The van der Waals surface area contributed by atoms with Crippen LogP contribution in [-0.2, 0) is 23.7 Å². The predicted molar refractivity (Wildman–Crippen MR) is 70.4 cm³/mol. The number of ether oxygens (including phenoxy) is 4. The standard InChI is InChI=1S/C13H26O6/c1-2-3-4-5-16-6-7-17-8-9-18-10-11-19-12-13(14)15/h2-12H2,1H3,(H,14,15). The molecule has 0 aliphatic rings. The Bertz CT molecular complexity index is 198. The number of unbranched alkanes of at least 4 members (excludes halogenated alkanes) is 2. The molecule has 0 aliphatic carbocycles. The first kappa shape index (κ1) is 18.3. The molecule has 0 radical (unpaired) electrons. The third-order valence-electron chi connectivity index (χ3n) is 2.23. The van der Waals surface area contributed by atoms with Gasteiger partial charge in [-0.05, 0) is 6.42 Å². The van der Waals surface area contributed by atoms with Crippen molar-refractivity contribution in [1.82, 2.24) is 0 Å². The largest absolute Gasteiger partial charge is 0.480 e. The van der Waals surface area contributed by atoms with Gasteiger partial charge in [0, 0.05) is 6.61 Å². The van der Waals surface area contributed by atoms with Crippen LogP contribution < -0.4 is 0 Å². The first-order valence-corrected chi connectivity index (χ1v) is 6.80. The van der Waals surface area contributed by atoms with E-state index in [1.165, 1.54) is 12.8 Å². The van der Waals surface area contributed by atoms with Crippen LogP contribution in [0.15, 0.2) is 0 Å². The zero-order valence-corrected chi connectivity index (χ0v) is 11.8. The van der Waals surface area contributed by atoms with Gasteiger partial charge in [0.05, 0.1) is 39.6 Å². The van der Waals surface area contributed by atoms with Crippen molar-refractivity contribution in [3.63, 3.8) is 0 Å². The zero-order valence-electron chi connectivity index (χ0n) is 11.8. The molecule has 0 aromatic carbocycles. The van der Waals surface area contributed by atoms with Gasteiger partial charge in [-0.2, -0.15) is 0 Å². The lowest BCUT2D eigenvalue weighted by Crippen LogP contribution is -2.14. The Labute approximate surface area is 115 Å². The third kappa shape index (κ3) is 17.3. The molecule has 0 fully saturated rings. The van der Waals surface area contributed by atoms with Crippen LogP contribution in [0.25, 0.3) is 0 Å². The summed E-state index contributed by atoms with van der Waals surface area (Å²) in [7, 11) is 0. The van der Waals surface area contributed by atoms with E-state index in [1.54, 1.807) is 0 Å². The molecule has 6 heteroatoms. The van der Waals surface area contributed by atoms with Crippen molar-refractivity contribution in [2.75, 3.05) is 52.9 Å². The quantitative estimate of drug-likeness (QED) is 0.455. The fourth-order valence-corrected chi connectivity index (χ4v) is 1.27. The van der Waals surface area contributed by atoms with Crippen LogP contribution in [0.4, 0.5) is 0 Å². The second-order valence-electron chi connectivity index (χ2n) is 3.99. The molecule has 1 N–H and O–H groups in total. The SMILES string of the molecule is CCCCCOCCOCCOCCOCC(=O)O. The molecule has 0 saturated carbocycles. The average molecular weight is 278 g/mol. The minimum atomic E-state index is -0.970. The highest BCUT2D eigenvalue weighted by Gasteiger charge is 1.96. The lowest BCUT2D eigenvalue weighted by atomic mass is 10.3. The van der Waals surface area contributed by atoms with E-state index in [4.69, 9.17) is 24.1 Å². The minimum Gasteiger partial charge on any atom is -0.480 e. The highest BCUT2D eigenvalue weighted by molar-refractivity contribution is 5.67. The Balaban J connectivity index is 2.93. The van der Waals surface area contributed by atoms with Crippen LogP contribution in [0.5, 0.6) is 0 Å². The van der Waals surface area contributed by atoms with Gasteiger partial charge in [-0.25, -0.2) is 4.79 Å². The van der Waals surface area contributed by atoms with Crippen molar-refractivity contribution >= 4 is 5.97 Å². The topological polar surface area (TPSA) is 74.2 Å². The van der Waals surface area contributed by atoms with Gasteiger partial charge in [0.15, 0.2) is 0 Å². The van der Waals surface area contributed by atoms with Crippen LogP contribution in [0.2, 0.25) is 0 Å². The van der Waals surface area contributed by atoms with Gasteiger partial charge in [0.25, 0.3) is 0 Å². The van der Waals surface area contributed by atoms with E-state index in [-0.39, 0.29) is 13.2 Å². The number of hydrogen-bond acceptors (Lipinski definition) is 5. The van der Waals surface area contributed by atoms with Crippen molar-refractivity contribution in [2.24, 2.45) is 0 Å². The molecule has 0 aromatic heterocycles. The summed E-state index contributed by atoms with van der Waals surface area (Å²) in [5.41, 5.74) is 0. The summed E-state index contributed by atoms with van der Waals surface area (Å²) in [6, 6.07) is 0. The van der Waals surface area contributed by atoms with Crippen LogP contribution in [0.3, 0.4) is 0 Å². The molecule has 114 valence electrons. The predicted octanol–water partition coefficient (Wildman–Crippen LogP) is 1.33. The normalized spacial score (nSPS) is 10.8. The molecule has 0 heterocycles. The molecule has 0 bridgehead atoms. The Kier molecular flexibility index (Phi) is 14.8. The van der Waals surface area contributed by atoms with E-state index in [1.807, 2.05) is 0 Å².